The molecule has 0 fully saturated rings. The van der Waals surface area contributed by atoms with Gasteiger partial charge in [0.2, 0.25) is 0 Å². The summed E-state index contributed by atoms with van der Waals surface area (Å²) in [5.74, 6) is 0. The van der Waals surface area contributed by atoms with Crippen molar-refractivity contribution in [1.29, 1.82) is 0 Å². The smallest absolute Gasteiger partial charge is 0.399 e. The Labute approximate surface area is 121 Å². The molecule has 0 saturated carbocycles. The van der Waals surface area contributed by atoms with Gasteiger partial charge in [0.25, 0.3) is 0 Å². The number of hydrogen-bond acceptors (Lipinski definition) is 2. The van der Waals surface area contributed by atoms with Gasteiger partial charge in [-0.1, -0.05) is 18.2 Å². The molecule has 0 atom stereocenters. The average Bonchev–Trinajstić information content (AvgIpc) is 2.81. The second-order valence-electron chi connectivity index (χ2n) is 5.25. The Morgan fingerprint density at radius 2 is 1.76 bits per heavy atom. The first kappa shape index (κ1) is 13.8. The van der Waals surface area contributed by atoms with Crippen LogP contribution >= 0.6 is 0 Å². The molecule has 21 heavy (non-hydrogen) atoms. The molecule has 2 aromatic rings. The van der Waals surface area contributed by atoms with Gasteiger partial charge < -0.3 is 10.6 Å². The first-order valence-electron chi connectivity index (χ1n) is 6.73. The Balaban J connectivity index is 1.78. The van der Waals surface area contributed by atoms with Crippen LogP contribution in [-0.4, -0.2) is 6.54 Å². The highest BCUT2D eigenvalue weighted by Gasteiger charge is 2.30. The second kappa shape index (κ2) is 4.98. The van der Waals surface area contributed by atoms with Gasteiger partial charge in [0, 0.05) is 24.5 Å². The molecule has 2 N–H and O–H groups in total. The van der Waals surface area contributed by atoms with E-state index in [9.17, 15) is 13.2 Å². The Hall–Kier alpha value is -2.17. The molecule has 0 spiro atoms. The molecular formula is C16H15F3N2. The standard InChI is InChI=1S/C16H15F3N2/c17-16(18,19)13-4-1-11(2-5-13)10-21-8-7-12-3-6-14(20)9-15(12)21/h1-6,9H,7-8,10,20H2. The number of nitrogens with zero attached hydrogens (tertiary/aromatic N) is 1. The van der Waals surface area contributed by atoms with Gasteiger partial charge >= 0.3 is 6.18 Å². The van der Waals surface area contributed by atoms with Gasteiger partial charge in [-0.15, -0.1) is 0 Å². The number of anilines is 2. The van der Waals surface area contributed by atoms with E-state index >= 15 is 0 Å². The van der Waals surface area contributed by atoms with Gasteiger partial charge in [-0.2, -0.15) is 13.2 Å². The molecule has 3 rings (SSSR count). The van der Waals surface area contributed by atoms with Gasteiger partial charge in [-0.3, -0.25) is 0 Å². The Bertz CT molecular complexity index is 648. The maximum absolute atomic E-state index is 12.5. The van der Waals surface area contributed by atoms with Crippen molar-refractivity contribution < 1.29 is 13.2 Å². The van der Waals surface area contributed by atoms with Crippen LogP contribution in [0.3, 0.4) is 0 Å². The molecule has 2 aromatic carbocycles. The highest BCUT2D eigenvalue weighted by Crippen LogP contribution is 2.32. The maximum Gasteiger partial charge on any atom is 0.416 e. The molecule has 0 aromatic heterocycles. The molecule has 1 aliphatic heterocycles. The second-order valence-corrected chi connectivity index (χ2v) is 5.25. The summed E-state index contributed by atoms with van der Waals surface area (Å²) in [6.45, 7) is 1.45. The van der Waals surface area contributed by atoms with Crippen LogP contribution < -0.4 is 10.6 Å². The molecule has 110 valence electrons. The van der Waals surface area contributed by atoms with E-state index in [4.69, 9.17) is 5.73 Å². The Morgan fingerprint density at radius 1 is 1.05 bits per heavy atom. The zero-order valence-corrected chi connectivity index (χ0v) is 11.3. The SMILES string of the molecule is Nc1ccc2c(c1)N(Cc1ccc(C(F)(F)F)cc1)CC2. The van der Waals surface area contributed by atoms with Crippen LogP contribution in [0.1, 0.15) is 16.7 Å². The van der Waals surface area contributed by atoms with Crippen molar-refractivity contribution in [1.82, 2.24) is 0 Å². The summed E-state index contributed by atoms with van der Waals surface area (Å²) in [6, 6.07) is 11.1. The van der Waals surface area contributed by atoms with Gasteiger partial charge in [-0.05, 0) is 41.8 Å². The number of alkyl halides is 3. The quantitative estimate of drug-likeness (QED) is 0.852. The molecule has 5 heteroatoms. The molecule has 0 saturated heterocycles. The summed E-state index contributed by atoms with van der Waals surface area (Å²) in [4.78, 5) is 2.15. The molecule has 2 nitrogen and oxygen atoms in total. The summed E-state index contributed by atoms with van der Waals surface area (Å²) in [5, 5.41) is 0. The summed E-state index contributed by atoms with van der Waals surface area (Å²) in [5.41, 5.74) is 9.06. The lowest BCUT2D eigenvalue weighted by Crippen LogP contribution is -2.19. The number of rotatable bonds is 2. The first-order chi connectivity index (χ1) is 9.93. The summed E-state index contributed by atoms with van der Waals surface area (Å²) < 4.78 is 37.6. The predicted molar refractivity (Wildman–Crippen MR) is 77.1 cm³/mol. The highest BCUT2D eigenvalue weighted by molar-refractivity contribution is 5.64. The van der Waals surface area contributed by atoms with E-state index in [2.05, 4.69) is 4.90 Å². The van der Waals surface area contributed by atoms with Crippen LogP contribution in [0.2, 0.25) is 0 Å². The van der Waals surface area contributed by atoms with Gasteiger partial charge in [0.05, 0.1) is 5.56 Å². The third-order valence-corrected chi connectivity index (χ3v) is 3.76. The number of nitrogens with two attached hydrogens (primary N) is 1. The summed E-state index contributed by atoms with van der Waals surface area (Å²) in [6.07, 6.45) is -3.34. The molecule has 0 radical (unpaired) electrons. The van der Waals surface area contributed by atoms with Crippen molar-refractivity contribution in [3.05, 3.63) is 59.2 Å². The van der Waals surface area contributed by atoms with E-state index < -0.39 is 11.7 Å². The van der Waals surface area contributed by atoms with Gasteiger partial charge in [-0.25, -0.2) is 0 Å². The largest absolute Gasteiger partial charge is 0.416 e. The molecule has 0 amide bonds. The normalized spacial score (nSPS) is 14.3. The van der Waals surface area contributed by atoms with Crippen molar-refractivity contribution in [2.45, 2.75) is 19.1 Å². The molecule has 0 bridgehead atoms. The maximum atomic E-state index is 12.5. The van der Waals surface area contributed by atoms with Crippen molar-refractivity contribution >= 4 is 11.4 Å². The lowest BCUT2D eigenvalue weighted by atomic mass is 10.1. The first-order valence-corrected chi connectivity index (χ1v) is 6.73. The van der Waals surface area contributed by atoms with E-state index in [0.717, 1.165) is 36.3 Å². The Kier molecular flexibility index (Phi) is 3.27. The third-order valence-electron chi connectivity index (χ3n) is 3.76. The minimum atomic E-state index is -4.28. The highest BCUT2D eigenvalue weighted by atomic mass is 19.4. The van der Waals surface area contributed by atoms with Gasteiger partial charge in [0.15, 0.2) is 0 Å². The summed E-state index contributed by atoms with van der Waals surface area (Å²) in [7, 11) is 0. The number of benzene rings is 2. The van der Waals surface area contributed by atoms with Crippen LogP contribution in [0.15, 0.2) is 42.5 Å². The summed E-state index contributed by atoms with van der Waals surface area (Å²) >= 11 is 0. The van der Waals surface area contributed by atoms with E-state index in [1.54, 1.807) is 0 Å². The average molecular weight is 292 g/mol. The lowest BCUT2D eigenvalue weighted by molar-refractivity contribution is -0.137. The van der Waals surface area contributed by atoms with E-state index in [0.29, 0.717) is 12.2 Å². The zero-order valence-electron chi connectivity index (χ0n) is 11.3. The number of halogens is 3. The van der Waals surface area contributed by atoms with Crippen molar-refractivity contribution in [3.63, 3.8) is 0 Å². The minimum absolute atomic E-state index is 0.592. The minimum Gasteiger partial charge on any atom is -0.399 e. The third kappa shape index (κ3) is 2.82. The van der Waals surface area contributed by atoms with Crippen LogP contribution in [-0.2, 0) is 19.1 Å². The van der Waals surface area contributed by atoms with Crippen molar-refractivity contribution in [3.8, 4) is 0 Å². The van der Waals surface area contributed by atoms with Gasteiger partial charge in [0.1, 0.15) is 0 Å². The Morgan fingerprint density at radius 3 is 2.43 bits per heavy atom. The number of hydrogen-bond donors (Lipinski definition) is 1. The number of nitrogen functional groups attached to an aromatic ring is 1. The lowest BCUT2D eigenvalue weighted by Gasteiger charge is -2.20. The topological polar surface area (TPSA) is 29.3 Å². The van der Waals surface area contributed by atoms with Crippen molar-refractivity contribution in [2.24, 2.45) is 0 Å². The van der Waals surface area contributed by atoms with E-state index in [1.807, 2.05) is 18.2 Å². The number of fused-ring (bicyclic) bond motifs is 1. The monoisotopic (exact) mass is 292 g/mol. The fourth-order valence-corrected chi connectivity index (χ4v) is 2.65. The zero-order chi connectivity index (χ0) is 15.0. The van der Waals surface area contributed by atoms with Crippen LogP contribution in [0.25, 0.3) is 0 Å². The molecule has 1 aliphatic rings. The van der Waals surface area contributed by atoms with Crippen molar-refractivity contribution in [2.75, 3.05) is 17.2 Å². The predicted octanol–water partition coefficient (Wildman–Crippen LogP) is 3.85. The fraction of sp³-hybridized carbons (Fsp3) is 0.250. The molecular weight excluding hydrogens is 277 g/mol. The molecule has 0 unspecified atom stereocenters. The molecule has 0 aliphatic carbocycles. The van der Waals surface area contributed by atoms with Crippen LogP contribution in [0, 0.1) is 0 Å². The molecule has 1 heterocycles. The van der Waals surface area contributed by atoms with Crippen LogP contribution in [0.4, 0.5) is 24.5 Å². The fourth-order valence-electron chi connectivity index (χ4n) is 2.65. The van der Waals surface area contributed by atoms with E-state index in [1.165, 1.54) is 17.7 Å². The van der Waals surface area contributed by atoms with E-state index in [-0.39, 0.29) is 0 Å². The van der Waals surface area contributed by atoms with Crippen LogP contribution in [0.5, 0.6) is 0 Å².